The maximum Gasteiger partial charge on any atom is 0.337 e. The number of aromatic carboxylic acids is 1. The number of pyridine rings is 1. The van der Waals surface area contributed by atoms with E-state index in [0.717, 1.165) is 6.07 Å². The summed E-state index contributed by atoms with van der Waals surface area (Å²) in [7, 11) is 0. The fourth-order valence-corrected chi connectivity index (χ4v) is 2.23. The maximum absolute atomic E-state index is 13.8. The van der Waals surface area contributed by atoms with Crippen molar-refractivity contribution < 1.29 is 23.1 Å². The van der Waals surface area contributed by atoms with Gasteiger partial charge in [0.05, 0.1) is 5.56 Å². The van der Waals surface area contributed by atoms with Gasteiger partial charge in [-0.3, -0.25) is 9.36 Å². The van der Waals surface area contributed by atoms with Gasteiger partial charge < -0.3 is 5.11 Å². The monoisotopic (exact) mass is 297 g/mol. The highest BCUT2D eigenvalue weighted by molar-refractivity contribution is 5.90. The Morgan fingerprint density at radius 2 is 1.62 bits per heavy atom. The van der Waals surface area contributed by atoms with Crippen molar-refractivity contribution in [3.05, 3.63) is 62.8 Å². The number of aromatic nitrogens is 1. The number of benzene rings is 1. The molecule has 0 atom stereocenters. The van der Waals surface area contributed by atoms with E-state index in [9.17, 15) is 22.8 Å². The molecule has 7 heteroatoms. The summed E-state index contributed by atoms with van der Waals surface area (Å²) in [6.07, 6.45) is 0. The van der Waals surface area contributed by atoms with E-state index >= 15 is 0 Å². The number of hydrogen-bond acceptors (Lipinski definition) is 2. The Bertz CT molecular complexity index is 789. The van der Waals surface area contributed by atoms with Gasteiger partial charge in [0, 0.05) is 23.9 Å². The van der Waals surface area contributed by atoms with E-state index < -0.39 is 34.7 Å². The molecule has 1 heterocycles. The Morgan fingerprint density at radius 1 is 1.10 bits per heavy atom. The van der Waals surface area contributed by atoms with Crippen molar-refractivity contribution in [2.24, 2.45) is 0 Å². The van der Waals surface area contributed by atoms with Crippen LogP contribution in [0.4, 0.5) is 13.2 Å². The van der Waals surface area contributed by atoms with Crippen LogP contribution in [-0.4, -0.2) is 15.6 Å². The summed E-state index contributed by atoms with van der Waals surface area (Å²) in [4.78, 5) is 23.2. The molecule has 0 spiro atoms. The maximum atomic E-state index is 13.8. The summed E-state index contributed by atoms with van der Waals surface area (Å²) < 4.78 is 41.1. The predicted molar refractivity (Wildman–Crippen MR) is 68.3 cm³/mol. The van der Waals surface area contributed by atoms with Gasteiger partial charge in [-0.25, -0.2) is 18.0 Å². The molecule has 0 unspecified atom stereocenters. The van der Waals surface area contributed by atoms with E-state index in [1.165, 1.54) is 13.8 Å². The molecule has 0 fully saturated rings. The van der Waals surface area contributed by atoms with Crippen LogP contribution in [0.15, 0.2) is 23.0 Å². The smallest absolute Gasteiger partial charge is 0.337 e. The molecule has 21 heavy (non-hydrogen) atoms. The number of hydrogen-bond donors (Lipinski definition) is 1. The molecule has 0 saturated carbocycles. The zero-order chi connectivity index (χ0) is 15.9. The van der Waals surface area contributed by atoms with Crippen molar-refractivity contribution in [2.75, 3.05) is 0 Å². The van der Waals surface area contributed by atoms with Crippen molar-refractivity contribution in [3.8, 4) is 5.69 Å². The molecular formula is C14H10F3NO3. The van der Waals surface area contributed by atoms with Crippen LogP contribution in [0.5, 0.6) is 0 Å². The third-order valence-corrected chi connectivity index (χ3v) is 3.07. The van der Waals surface area contributed by atoms with Gasteiger partial charge in [0.1, 0.15) is 11.5 Å². The van der Waals surface area contributed by atoms with Crippen LogP contribution in [0.1, 0.15) is 21.6 Å². The minimum Gasteiger partial charge on any atom is -0.478 e. The summed E-state index contributed by atoms with van der Waals surface area (Å²) in [5.74, 6) is -5.05. The van der Waals surface area contributed by atoms with Crippen LogP contribution < -0.4 is 5.56 Å². The molecular weight excluding hydrogens is 287 g/mol. The van der Waals surface area contributed by atoms with Gasteiger partial charge in [-0.2, -0.15) is 0 Å². The molecule has 110 valence electrons. The summed E-state index contributed by atoms with van der Waals surface area (Å²) in [6.45, 7) is 2.65. The van der Waals surface area contributed by atoms with E-state index in [1.54, 1.807) is 0 Å². The Hall–Kier alpha value is -2.57. The van der Waals surface area contributed by atoms with Gasteiger partial charge in [-0.15, -0.1) is 0 Å². The van der Waals surface area contributed by atoms with Crippen LogP contribution in [0, 0.1) is 31.3 Å². The summed E-state index contributed by atoms with van der Waals surface area (Å²) >= 11 is 0. The van der Waals surface area contributed by atoms with Gasteiger partial charge in [-0.1, -0.05) is 0 Å². The largest absolute Gasteiger partial charge is 0.478 e. The minimum atomic E-state index is -1.33. The van der Waals surface area contributed by atoms with E-state index in [-0.39, 0.29) is 16.8 Å². The molecule has 4 nitrogen and oxygen atoms in total. The lowest BCUT2D eigenvalue weighted by atomic mass is 10.1. The molecule has 2 rings (SSSR count). The van der Waals surface area contributed by atoms with Crippen molar-refractivity contribution in [2.45, 2.75) is 13.8 Å². The first-order valence-electron chi connectivity index (χ1n) is 5.85. The fraction of sp³-hybridized carbons (Fsp3) is 0.143. The Balaban J connectivity index is 2.92. The number of aryl methyl sites for hydroxylation is 1. The first-order chi connectivity index (χ1) is 9.73. The van der Waals surface area contributed by atoms with Crippen LogP contribution in [0.25, 0.3) is 5.69 Å². The minimum absolute atomic E-state index is 0.142. The first-order valence-corrected chi connectivity index (χ1v) is 5.85. The lowest BCUT2D eigenvalue weighted by Crippen LogP contribution is -2.25. The number of carboxylic acid groups (broad SMARTS) is 1. The molecule has 0 aliphatic rings. The average molecular weight is 297 g/mol. The Morgan fingerprint density at radius 3 is 2.10 bits per heavy atom. The molecule has 0 aliphatic carbocycles. The molecule has 0 aliphatic heterocycles. The number of nitrogens with zero attached hydrogens (tertiary/aromatic N) is 1. The molecule has 1 N–H and O–H groups in total. The third kappa shape index (κ3) is 2.42. The third-order valence-electron chi connectivity index (χ3n) is 3.07. The molecule has 0 radical (unpaired) electrons. The number of halogens is 3. The average Bonchev–Trinajstić information content (AvgIpc) is 2.30. The molecule has 0 amide bonds. The molecule has 1 aromatic heterocycles. The zero-order valence-corrected chi connectivity index (χ0v) is 11.1. The van der Waals surface area contributed by atoms with Crippen molar-refractivity contribution >= 4 is 5.97 Å². The normalized spacial score (nSPS) is 10.7. The second-order valence-corrected chi connectivity index (χ2v) is 4.48. The van der Waals surface area contributed by atoms with Crippen LogP contribution in [0.3, 0.4) is 0 Å². The first kappa shape index (κ1) is 14.8. The van der Waals surface area contributed by atoms with Gasteiger partial charge in [0.2, 0.25) is 0 Å². The molecule has 0 bridgehead atoms. The van der Waals surface area contributed by atoms with Gasteiger partial charge in [0.25, 0.3) is 5.56 Å². The highest BCUT2D eigenvalue weighted by Gasteiger charge is 2.21. The van der Waals surface area contributed by atoms with E-state index in [0.29, 0.717) is 16.7 Å². The number of rotatable bonds is 2. The number of carbonyl (C=O) groups is 1. The second-order valence-electron chi connectivity index (χ2n) is 4.48. The molecule has 1 aromatic carbocycles. The predicted octanol–water partition coefficient (Wildman–Crippen LogP) is 2.57. The van der Waals surface area contributed by atoms with Crippen LogP contribution in [0.2, 0.25) is 0 Å². The lowest BCUT2D eigenvalue weighted by molar-refractivity contribution is 0.0694. The lowest BCUT2D eigenvalue weighted by Gasteiger charge is -2.15. The summed E-state index contributed by atoms with van der Waals surface area (Å²) in [5, 5.41) is 9.13. The van der Waals surface area contributed by atoms with E-state index in [2.05, 4.69) is 0 Å². The zero-order valence-electron chi connectivity index (χ0n) is 11.1. The van der Waals surface area contributed by atoms with Gasteiger partial charge >= 0.3 is 5.97 Å². The summed E-state index contributed by atoms with van der Waals surface area (Å²) in [6, 6.07) is 1.80. The van der Waals surface area contributed by atoms with Crippen LogP contribution >= 0.6 is 0 Å². The summed E-state index contributed by atoms with van der Waals surface area (Å²) in [5.41, 5.74) is -1.82. The van der Waals surface area contributed by atoms with Crippen molar-refractivity contribution in [1.29, 1.82) is 0 Å². The highest BCUT2D eigenvalue weighted by atomic mass is 19.1. The molecule has 2 aromatic rings. The Kier molecular flexibility index (Phi) is 3.59. The Labute approximate surface area is 117 Å². The number of carboxylic acids is 1. The molecule has 0 saturated heterocycles. The second kappa shape index (κ2) is 5.08. The SMILES string of the molecule is Cc1cc(=O)n(-c2c(F)cc(F)cc2F)c(C)c1C(=O)O. The van der Waals surface area contributed by atoms with E-state index in [4.69, 9.17) is 5.11 Å². The van der Waals surface area contributed by atoms with Gasteiger partial charge in [-0.05, 0) is 19.4 Å². The standard InChI is InChI=1S/C14H10F3NO3/c1-6-3-11(19)18(7(2)12(6)14(20)21)13-9(16)4-8(15)5-10(13)17/h3-5H,1-2H3,(H,20,21). The topological polar surface area (TPSA) is 59.3 Å². The fourth-order valence-electron chi connectivity index (χ4n) is 2.23. The van der Waals surface area contributed by atoms with Crippen molar-refractivity contribution in [3.63, 3.8) is 0 Å². The quantitative estimate of drug-likeness (QED) is 0.926. The van der Waals surface area contributed by atoms with Crippen LogP contribution in [-0.2, 0) is 0 Å². The highest BCUT2D eigenvalue weighted by Crippen LogP contribution is 2.22. The van der Waals surface area contributed by atoms with Gasteiger partial charge in [0.15, 0.2) is 11.6 Å². The van der Waals surface area contributed by atoms with E-state index in [1.807, 2.05) is 0 Å². The van der Waals surface area contributed by atoms with Crippen molar-refractivity contribution in [1.82, 2.24) is 4.57 Å².